The number of hydrogen-bond acceptors (Lipinski definition) is 5. The average molecular weight is 542 g/mol. The fraction of sp³-hybridized carbons (Fsp3) is 0.208. The van der Waals surface area contributed by atoms with E-state index in [1.54, 1.807) is 18.2 Å². The molecule has 7 nitrogen and oxygen atoms in total. The Balaban J connectivity index is 1.49. The van der Waals surface area contributed by atoms with Crippen molar-refractivity contribution in [3.8, 4) is 0 Å². The Hall–Kier alpha value is -2.98. The summed E-state index contributed by atoms with van der Waals surface area (Å²) in [5, 5.41) is 15.1. The summed E-state index contributed by atoms with van der Waals surface area (Å²) in [6.07, 6.45) is 1.53. The van der Waals surface area contributed by atoms with Gasteiger partial charge in [-0.05, 0) is 83.0 Å². The number of nitrogen functional groups attached to an aromatic ring is 1. The molecule has 0 aliphatic rings. The number of carboxylic acids is 1. The molecule has 2 aromatic carbocycles. The molecule has 0 aliphatic carbocycles. The first-order valence-electron chi connectivity index (χ1n) is 10.2. The second-order valence-corrected chi connectivity index (χ2v) is 8.60. The molecule has 1 heterocycles. The number of carbonyl (C=O) groups excluding carboxylic acids is 1. The number of anilines is 1. The van der Waals surface area contributed by atoms with E-state index < -0.39 is 12.0 Å². The highest BCUT2D eigenvalue weighted by Gasteiger charge is 2.18. The molecule has 0 saturated carbocycles. The summed E-state index contributed by atoms with van der Waals surface area (Å²) in [7, 11) is 0. The first kappa shape index (κ1) is 23.7. The van der Waals surface area contributed by atoms with Crippen LogP contribution < -0.4 is 16.4 Å². The zero-order valence-electron chi connectivity index (χ0n) is 17.4. The number of rotatable bonds is 10. The highest BCUT2D eigenvalue weighted by Crippen LogP contribution is 2.10. The Morgan fingerprint density at radius 3 is 2.31 bits per heavy atom. The quantitative estimate of drug-likeness (QED) is 0.293. The van der Waals surface area contributed by atoms with E-state index in [1.165, 1.54) is 0 Å². The first-order chi connectivity index (χ1) is 15.4. The van der Waals surface area contributed by atoms with Crippen molar-refractivity contribution in [3.63, 3.8) is 0 Å². The lowest BCUT2D eigenvalue weighted by Crippen LogP contribution is -2.45. The van der Waals surface area contributed by atoms with Gasteiger partial charge in [0.25, 0.3) is 5.91 Å². The number of aryl methyl sites for hydroxylation is 2. The number of hydrogen-bond donors (Lipinski definition) is 4. The molecule has 0 saturated heterocycles. The number of aromatic nitrogens is 1. The smallest absolute Gasteiger partial charge is 0.322 e. The molecule has 3 aromatic rings. The van der Waals surface area contributed by atoms with Gasteiger partial charge in [0.2, 0.25) is 0 Å². The molecule has 3 rings (SSSR count). The average Bonchev–Trinajstić information content (AvgIpc) is 2.79. The Bertz CT molecular complexity index is 1060. The lowest BCUT2D eigenvalue weighted by molar-refractivity contribution is -0.139. The van der Waals surface area contributed by atoms with Gasteiger partial charge in [0, 0.05) is 27.9 Å². The third kappa shape index (κ3) is 7.31. The predicted molar refractivity (Wildman–Crippen MR) is 132 cm³/mol. The summed E-state index contributed by atoms with van der Waals surface area (Å²) in [6, 6.07) is 19.8. The van der Waals surface area contributed by atoms with Crippen LogP contribution in [0.1, 0.15) is 27.2 Å². The fourth-order valence-electron chi connectivity index (χ4n) is 3.12. The largest absolute Gasteiger partial charge is 0.480 e. The Kier molecular flexibility index (Phi) is 8.57. The lowest BCUT2D eigenvalue weighted by Gasteiger charge is -2.15. The Labute approximate surface area is 200 Å². The van der Waals surface area contributed by atoms with E-state index in [0.717, 1.165) is 33.2 Å². The zero-order valence-corrected chi connectivity index (χ0v) is 19.6. The monoisotopic (exact) mass is 542 g/mol. The van der Waals surface area contributed by atoms with Crippen LogP contribution in [-0.4, -0.2) is 34.6 Å². The number of benzene rings is 2. The van der Waals surface area contributed by atoms with Crippen molar-refractivity contribution in [2.24, 2.45) is 0 Å². The third-order valence-electron chi connectivity index (χ3n) is 4.94. The number of carbonyl (C=O) groups is 2. The van der Waals surface area contributed by atoms with E-state index in [1.807, 2.05) is 48.5 Å². The maximum absolute atomic E-state index is 12.5. The van der Waals surface area contributed by atoms with E-state index in [4.69, 9.17) is 5.73 Å². The third-order valence-corrected chi connectivity index (χ3v) is 5.66. The SMILES string of the molecule is Nc1cccc(CCc2ccc(C(=O)NCC(NCc3ccc([125I])cc3)C(=O)O)cc2)n1. The van der Waals surface area contributed by atoms with Crippen molar-refractivity contribution < 1.29 is 14.7 Å². The summed E-state index contributed by atoms with van der Waals surface area (Å²) in [4.78, 5) is 28.3. The minimum Gasteiger partial charge on any atom is -0.480 e. The van der Waals surface area contributed by atoms with Crippen LogP contribution in [0.5, 0.6) is 0 Å². The molecule has 32 heavy (non-hydrogen) atoms. The molecule has 8 heteroatoms. The van der Waals surface area contributed by atoms with Crippen molar-refractivity contribution in [2.45, 2.75) is 25.4 Å². The van der Waals surface area contributed by atoms with Crippen molar-refractivity contribution in [1.29, 1.82) is 0 Å². The second kappa shape index (κ2) is 11.6. The molecule has 5 N–H and O–H groups in total. The van der Waals surface area contributed by atoms with Crippen molar-refractivity contribution in [2.75, 3.05) is 12.3 Å². The molecular weight excluding hydrogens is 517 g/mol. The molecule has 1 amide bonds. The van der Waals surface area contributed by atoms with Crippen LogP contribution in [0.3, 0.4) is 0 Å². The summed E-state index contributed by atoms with van der Waals surface area (Å²) >= 11 is 2.22. The van der Waals surface area contributed by atoms with E-state index >= 15 is 0 Å². The highest BCUT2D eigenvalue weighted by molar-refractivity contribution is 14.1. The Morgan fingerprint density at radius 1 is 0.969 bits per heavy atom. The summed E-state index contributed by atoms with van der Waals surface area (Å²) < 4.78 is 1.11. The molecule has 0 fully saturated rings. The van der Waals surface area contributed by atoms with Gasteiger partial charge >= 0.3 is 5.97 Å². The van der Waals surface area contributed by atoms with Crippen LogP contribution in [0.4, 0.5) is 5.82 Å². The van der Waals surface area contributed by atoms with Crippen LogP contribution in [0, 0.1) is 3.57 Å². The minimum absolute atomic E-state index is 0.0125. The number of halogens is 1. The van der Waals surface area contributed by atoms with Gasteiger partial charge in [0.1, 0.15) is 11.9 Å². The summed E-state index contributed by atoms with van der Waals surface area (Å²) in [5.41, 5.74) is 9.17. The van der Waals surface area contributed by atoms with Gasteiger partial charge in [-0.25, -0.2) is 4.98 Å². The van der Waals surface area contributed by atoms with E-state index in [-0.39, 0.29) is 12.5 Å². The maximum atomic E-state index is 12.5. The van der Waals surface area contributed by atoms with Gasteiger partial charge in [-0.1, -0.05) is 30.3 Å². The van der Waals surface area contributed by atoms with Crippen LogP contribution in [0.2, 0.25) is 0 Å². The van der Waals surface area contributed by atoms with Gasteiger partial charge in [-0.2, -0.15) is 0 Å². The summed E-state index contributed by atoms with van der Waals surface area (Å²) in [5.74, 6) is -0.820. The number of amides is 1. The number of nitrogens with one attached hydrogen (secondary N) is 2. The normalized spacial score (nSPS) is 11.7. The molecule has 1 atom stereocenters. The number of pyridine rings is 1. The van der Waals surface area contributed by atoms with Gasteiger partial charge in [0.15, 0.2) is 0 Å². The molecule has 0 aliphatic heterocycles. The van der Waals surface area contributed by atoms with Gasteiger partial charge < -0.3 is 16.2 Å². The topological polar surface area (TPSA) is 117 Å². The Morgan fingerprint density at radius 2 is 1.66 bits per heavy atom. The fourth-order valence-corrected chi connectivity index (χ4v) is 3.48. The van der Waals surface area contributed by atoms with Gasteiger partial charge in [-0.3, -0.25) is 14.9 Å². The number of nitrogens with two attached hydrogens (primary N) is 1. The van der Waals surface area contributed by atoms with Crippen LogP contribution in [0.25, 0.3) is 0 Å². The zero-order chi connectivity index (χ0) is 22.9. The second-order valence-electron chi connectivity index (χ2n) is 7.36. The molecule has 0 bridgehead atoms. The van der Waals surface area contributed by atoms with Crippen LogP contribution >= 0.6 is 22.6 Å². The molecule has 0 spiro atoms. The van der Waals surface area contributed by atoms with E-state index in [0.29, 0.717) is 17.9 Å². The van der Waals surface area contributed by atoms with Crippen molar-refractivity contribution in [1.82, 2.24) is 15.6 Å². The van der Waals surface area contributed by atoms with Crippen molar-refractivity contribution >= 4 is 40.3 Å². The number of aliphatic carboxylic acids is 1. The standard InChI is InChI=1S/C24H25IN4O3/c25-19-11-6-17(7-12-19)14-27-21(24(31)32)15-28-23(30)18-9-4-16(5-10-18)8-13-20-2-1-3-22(26)29-20/h1-7,9-12,21,27H,8,13-15H2,(H2,26,29)(H,28,30)(H,31,32)/i25-2. The van der Waals surface area contributed by atoms with Gasteiger partial charge in [0.05, 0.1) is 0 Å². The molecule has 0 radical (unpaired) electrons. The van der Waals surface area contributed by atoms with Crippen molar-refractivity contribution in [3.05, 3.63) is 92.7 Å². The molecule has 1 aromatic heterocycles. The predicted octanol–water partition coefficient (Wildman–Crippen LogP) is 3.03. The number of carboxylic acid groups (broad SMARTS) is 1. The highest BCUT2D eigenvalue weighted by atomic mass is 125. The van der Waals surface area contributed by atoms with E-state index in [9.17, 15) is 14.7 Å². The van der Waals surface area contributed by atoms with E-state index in [2.05, 4.69) is 38.2 Å². The summed E-state index contributed by atoms with van der Waals surface area (Å²) in [6.45, 7) is 0.391. The minimum atomic E-state index is -1.01. The van der Waals surface area contributed by atoms with Crippen LogP contribution in [-0.2, 0) is 24.2 Å². The molecule has 1 unspecified atom stereocenters. The molecule has 166 valence electrons. The lowest BCUT2D eigenvalue weighted by atomic mass is 10.1. The van der Waals surface area contributed by atoms with Crippen LogP contribution in [0.15, 0.2) is 66.7 Å². The first-order valence-corrected chi connectivity index (χ1v) is 11.3. The molecular formula is C24H25IN4O3. The maximum Gasteiger partial charge on any atom is 0.322 e. The number of nitrogens with zero attached hydrogens (tertiary/aromatic N) is 1. The van der Waals surface area contributed by atoms with Gasteiger partial charge in [-0.15, -0.1) is 0 Å².